The number of nitrogens with zero attached hydrogens (tertiary/aromatic N) is 1. The molecule has 2 rings (SSSR count). The Balaban J connectivity index is 0.00000242. The van der Waals surface area contributed by atoms with Crippen molar-refractivity contribution in [1.29, 1.82) is 0 Å². The first kappa shape index (κ1) is 19.0. The molecule has 0 saturated carbocycles. The highest BCUT2D eigenvalue weighted by atomic mass is 127. The van der Waals surface area contributed by atoms with Crippen LogP contribution in [0.1, 0.15) is 13.8 Å². The summed E-state index contributed by atoms with van der Waals surface area (Å²) in [5.41, 5.74) is 2.37. The number of ether oxygens (including phenoxy) is 1. The molecule has 0 atom stereocenters. The van der Waals surface area contributed by atoms with Crippen molar-refractivity contribution in [1.82, 2.24) is 0 Å². The Bertz CT molecular complexity index is 552. The first-order valence-corrected chi connectivity index (χ1v) is 7.79. The van der Waals surface area contributed by atoms with Gasteiger partial charge >= 0.3 is 0 Å². The van der Waals surface area contributed by atoms with Gasteiger partial charge in [0, 0.05) is 5.56 Å². The minimum absolute atomic E-state index is 0. The molecular weight excluding hydrogens is 385 g/mol. The van der Waals surface area contributed by atoms with Gasteiger partial charge in [0.1, 0.15) is 18.9 Å². The van der Waals surface area contributed by atoms with Crippen molar-refractivity contribution in [2.75, 3.05) is 33.3 Å². The van der Waals surface area contributed by atoms with Crippen LogP contribution in [0.25, 0.3) is 11.1 Å². The molecule has 0 radical (unpaired) electrons. The number of likely N-dealkylation sites (N-methyl/N-ethyl adjacent to an activating group) is 1. The number of hydrogen-bond acceptors (Lipinski definition) is 1. The van der Waals surface area contributed by atoms with Crippen LogP contribution in [0.4, 0.5) is 0 Å². The Labute approximate surface area is 151 Å². The van der Waals surface area contributed by atoms with Crippen molar-refractivity contribution in [3.63, 3.8) is 0 Å². The van der Waals surface area contributed by atoms with E-state index in [1.165, 1.54) is 11.1 Å². The van der Waals surface area contributed by atoms with Crippen LogP contribution in [0, 0.1) is 0 Å². The van der Waals surface area contributed by atoms with Gasteiger partial charge in [-0.1, -0.05) is 48.5 Å². The van der Waals surface area contributed by atoms with Gasteiger partial charge in [-0.2, -0.15) is 0 Å². The molecule has 2 aromatic rings. The van der Waals surface area contributed by atoms with Gasteiger partial charge in [0.15, 0.2) is 0 Å². The molecule has 3 heteroatoms. The molecule has 0 N–H and O–H groups in total. The van der Waals surface area contributed by atoms with Gasteiger partial charge in [-0.15, -0.1) is 0 Å². The number of benzene rings is 2. The van der Waals surface area contributed by atoms with Gasteiger partial charge in [0.2, 0.25) is 0 Å². The van der Waals surface area contributed by atoms with Gasteiger partial charge in [0.25, 0.3) is 0 Å². The summed E-state index contributed by atoms with van der Waals surface area (Å²) in [5, 5.41) is 0. The first-order chi connectivity index (χ1) is 10.2. The van der Waals surface area contributed by atoms with Crippen molar-refractivity contribution in [2.45, 2.75) is 13.8 Å². The summed E-state index contributed by atoms with van der Waals surface area (Å²) < 4.78 is 7.12. The standard InChI is InChI=1S/C19H26NO.HI/c1-4-20(3,5-2)15-16-21-19-14-10-9-13-18(19)17-11-7-6-8-12-17;/h6-14H,4-5,15-16H2,1-3H3;1H/q+1;/p-1. The highest BCUT2D eigenvalue weighted by Gasteiger charge is 2.16. The van der Waals surface area contributed by atoms with E-state index in [4.69, 9.17) is 4.74 Å². The third kappa shape index (κ3) is 4.99. The lowest BCUT2D eigenvalue weighted by atomic mass is 10.1. The highest BCUT2D eigenvalue weighted by molar-refractivity contribution is 5.70. The second kappa shape index (κ2) is 9.16. The molecule has 0 aromatic heterocycles. The average molecular weight is 411 g/mol. The quantitative estimate of drug-likeness (QED) is 0.492. The Morgan fingerprint density at radius 2 is 1.45 bits per heavy atom. The van der Waals surface area contributed by atoms with E-state index >= 15 is 0 Å². The fourth-order valence-electron chi connectivity index (χ4n) is 2.36. The second-order valence-corrected chi connectivity index (χ2v) is 5.69. The van der Waals surface area contributed by atoms with E-state index < -0.39 is 0 Å². The summed E-state index contributed by atoms with van der Waals surface area (Å²) in [5.74, 6) is 0.974. The molecule has 0 heterocycles. The minimum atomic E-state index is 0. The number of hydrogen-bond donors (Lipinski definition) is 0. The molecule has 0 unspecified atom stereocenters. The van der Waals surface area contributed by atoms with Crippen LogP contribution >= 0.6 is 0 Å². The molecule has 0 fully saturated rings. The lowest BCUT2D eigenvalue weighted by Crippen LogP contribution is -3.00. The fraction of sp³-hybridized carbons (Fsp3) is 0.368. The molecule has 0 spiro atoms. The summed E-state index contributed by atoms with van der Waals surface area (Å²) in [6, 6.07) is 18.7. The second-order valence-electron chi connectivity index (χ2n) is 5.69. The maximum atomic E-state index is 6.08. The maximum absolute atomic E-state index is 6.08. The molecule has 0 aliphatic carbocycles. The predicted molar refractivity (Wildman–Crippen MR) is 89.5 cm³/mol. The SMILES string of the molecule is CC[N+](C)(CC)CCOc1ccccc1-c1ccccc1.[I-]. The van der Waals surface area contributed by atoms with Crippen LogP contribution < -0.4 is 28.7 Å². The molecule has 120 valence electrons. The molecule has 0 aliphatic rings. The van der Waals surface area contributed by atoms with Crippen LogP contribution in [0.2, 0.25) is 0 Å². The van der Waals surface area contributed by atoms with Crippen molar-refractivity contribution in [3.8, 4) is 16.9 Å². The van der Waals surface area contributed by atoms with Gasteiger partial charge < -0.3 is 33.2 Å². The van der Waals surface area contributed by atoms with E-state index in [-0.39, 0.29) is 24.0 Å². The van der Waals surface area contributed by atoms with Crippen LogP contribution in [0.5, 0.6) is 5.75 Å². The monoisotopic (exact) mass is 411 g/mol. The predicted octanol–water partition coefficient (Wildman–Crippen LogP) is 1.22. The molecule has 0 aliphatic heterocycles. The maximum Gasteiger partial charge on any atom is 0.137 e. The van der Waals surface area contributed by atoms with Gasteiger partial charge in [0.05, 0.1) is 20.1 Å². The summed E-state index contributed by atoms with van der Waals surface area (Å²) in [6.07, 6.45) is 0. The molecule has 2 nitrogen and oxygen atoms in total. The zero-order valence-corrected chi connectivity index (χ0v) is 15.9. The topological polar surface area (TPSA) is 9.23 Å². The lowest BCUT2D eigenvalue weighted by molar-refractivity contribution is -0.906. The van der Waals surface area contributed by atoms with E-state index in [1.807, 2.05) is 12.1 Å². The summed E-state index contributed by atoms with van der Waals surface area (Å²) in [7, 11) is 2.28. The molecule has 0 amide bonds. The Morgan fingerprint density at radius 3 is 2.09 bits per heavy atom. The number of para-hydroxylation sites is 1. The smallest absolute Gasteiger partial charge is 0.137 e. The van der Waals surface area contributed by atoms with Crippen molar-refractivity contribution in [3.05, 3.63) is 54.6 Å². The number of quaternary nitrogens is 1. The highest BCUT2D eigenvalue weighted by Crippen LogP contribution is 2.29. The molecular formula is C19H26INO. The van der Waals surface area contributed by atoms with Crippen molar-refractivity contribution >= 4 is 0 Å². The molecule has 22 heavy (non-hydrogen) atoms. The third-order valence-electron chi connectivity index (χ3n) is 4.39. The van der Waals surface area contributed by atoms with E-state index in [0.717, 1.165) is 36.5 Å². The van der Waals surface area contributed by atoms with Crippen LogP contribution in [0.3, 0.4) is 0 Å². The van der Waals surface area contributed by atoms with E-state index in [0.29, 0.717) is 0 Å². The van der Waals surface area contributed by atoms with Crippen molar-refractivity contribution in [2.24, 2.45) is 0 Å². The minimum Gasteiger partial charge on any atom is -1.00 e. The third-order valence-corrected chi connectivity index (χ3v) is 4.39. The van der Waals surface area contributed by atoms with Gasteiger partial charge in [-0.25, -0.2) is 0 Å². The molecule has 0 bridgehead atoms. The number of rotatable bonds is 7. The fourth-order valence-corrected chi connectivity index (χ4v) is 2.36. The van der Waals surface area contributed by atoms with E-state index in [2.05, 4.69) is 63.4 Å². The largest absolute Gasteiger partial charge is 1.00 e. The Kier molecular flexibility index (Phi) is 7.90. The zero-order chi connectivity index (χ0) is 15.1. The number of halogens is 1. The molecule has 2 aromatic carbocycles. The average Bonchev–Trinajstić information content (AvgIpc) is 2.56. The molecule has 0 saturated heterocycles. The lowest BCUT2D eigenvalue weighted by Gasteiger charge is -2.32. The van der Waals surface area contributed by atoms with Crippen LogP contribution in [-0.2, 0) is 0 Å². The first-order valence-electron chi connectivity index (χ1n) is 7.79. The zero-order valence-electron chi connectivity index (χ0n) is 13.8. The van der Waals surface area contributed by atoms with Crippen LogP contribution in [0.15, 0.2) is 54.6 Å². The Morgan fingerprint density at radius 1 is 0.864 bits per heavy atom. The Hall–Kier alpha value is -1.07. The van der Waals surface area contributed by atoms with Gasteiger partial charge in [-0.3, -0.25) is 0 Å². The van der Waals surface area contributed by atoms with E-state index in [1.54, 1.807) is 0 Å². The summed E-state index contributed by atoms with van der Waals surface area (Å²) >= 11 is 0. The summed E-state index contributed by atoms with van der Waals surface area (Å²) in [6.45, 7) is 8.54. The van der Waals surface area contributed by atoms with E-state index in [9.17, 15) is 0 Å². The van der Waals surface area contributed by atoms with Crippen LogP contribution in [-0.4, -0.2) is 37.8 Å². The normalized spacial score (nSPS) is 10.9. The summed E-state index contributed by atoms with van der Waals surface area (Å²) in [4.78, 5) is 0. The van der Waals surface area contributed by atoms with Gasteiger partial charge in [-0.05, 0) is 25.5 Å². The van der Waals surface area contributed by atoms with Crippen molar-refractivity contribution < 1.29 is 33.2 Å².